The van der Waals surface area contributed by atoms with Crippen molar-refractivity contribution in [3.05, 3.63) is 188 Å². The van der Waals surface area contributed by atoms with Crippen LogP contribution in [0.15, 0.2) is 188 Å². The van der Waals surface area contributed by atoms with Gasteiger partial charge in [0.05, 0.1) is 5.52 Å². The van der Waals surface area contributed by atoms with E-state index in [1.807, 2.05) is 0 Å². The van der Waals surface area contributed by atoms with E-state index in [0.29, 0.717) is 0 Å². The Labute approximate surface area is 290 Å². The Morgan fingerprint density at radius 1 is 0.280 bits per heavy atom. The molecule has 50 heavy (non-hydrogen) atoms. The van der Waals surface area contributed by atoms with Gasteiger partial charge < -0.3 is 0 Å². The number of pyridine rings is 1. The molecule has 0 amide bonds. The molecule has 1 aromatic heterocycles. The van der Waals surface area contributed by atoms with Crippen molar-refractivity contribution in [3.8, 4) is 44.5 Å². The van der Waals surface area contributed by atoms with Crippen LogP contribution in [0.5, 0.6) is 0 Å². The van der Waals surface area contributed by atoms with Crippen LogP contribution < -0.4 is 0 Å². The monoisotopic (exact) mass is 633 g/mol. The van der Waals surface area contributed by atoms with Crippen molar-refractivity contribution < 1.29 is 0 Å². The van der Waals surface area contributed by atoms with Crippen molar-refractivity contribution in [2.45, 2.75) is 0 Å². The molecular weight excluding hydrogens is 603 g/mol. The Kier molecular flexibility index (Phi) is 6.57. The number of benzene rings is 9. The summed E-state index contributed by atoms with van der Waals surface area (Å²) in [7, 11) is 0. The SMILES string of the molecule is c1ccc(-c2ccc3ccccc3c2-c2c3ccccc3c(-c3c(-c4ccccc4)ccc4ccccc34)c3c2cnc2ccccc23)cc1. The number of aromatic nitrogens is 1. The molecular formula is C49H31N. The van der Waals surface area contributed by atoms with E-state index in [0.717, 1.165) is 16.3 Å². The molecule has 10 aromatic rings. The minimum absolute atomic E-state index is 0.991. The first-order chi connectivity index (χ1) is 24.8. The molecule has 0 aliphatic heterocycles. The molecule has 232 valence electrons. The van der Waals surface area contributed by atoms with Gasteiger partial charge >= 0.3 is 0 Å². The number of rotatable bonds is 4. The molecule has 0 radical (unpaired) electrons. The highest BCUT2D eigenvalue weighted by atomic mass is 14.7. The summed E-state index contributed by atoms with van der Waals surface area (Å²) in [6.45, 7) is 0. The fourth-order valence-corrected chi connectivity index (χ4v) is 8.13. The highest BCUT2D eigenvalue weighted by molar-refractivity contribution is 6.31. The van der Waals surface area contributed by atoms with Gasteiger partial charge in [0, 0.05) is 27.9 Å². The fraction of sp³-hybridized carbons (Fsp3) is 0. The molecule has 9 aromatic carbocycles. The van der Waals surface area contributed by atoms with Crippen LogP contribution >= 0.6 is 0 Å². The smallest absolute Gasteiger partial charge is 0.0708 e. The summed E-state index contributed by atoms with van der Waals surface area (Å²) in [6.07, 6.45) is 2.13. The lowest BCUT2D eigenvalue weighted by Crippen LogP contribution is -1.97. The molecule has 0 N–H and O–H groups in total. The van der Waals surface area contributed by atoms with Crippen LogP contribution in [0.4, 0.5) is 0 Å². The van der Waals surface area contributed by atoms with E-state index in [1.54, 1.807) is 0 Å². The maximum Gasteiger partial charge on any atom is 0.0708 e. The van der Waals surface area contributed by atoms with Crippen LogP contribution in [0.25, 0.3) is 98.5 Å². The predicted molar refractivity (Wildman–Crippen MR) is 214 cm³/mol. The fourth-order valence-electron chi connectivity index (χ4n) is 8.13. The van der Waals surface area contributed by atoms with Crippen LogP contribution in [0, 0.1) is 0 Å². The quantitative estimate of drug-likeness (QED) is 0.139. The summed E-state index contributed by atoms with van der Waals surface area (Å²) in [6, 6.07) is 66.0. The Hall–Kier alpha value is -6.57. The van der Waals surface area contributed by atoms with Crippen molar-refractivity contribution in [2.24, 2.45) is 0 Å². The second kappa shape index (κ2) is 11.5. The summed E-state index contributed by atoms with van der Waals surface area (Å²) < 4.78 is 0. The molecule has 10 rings (SSSR count). The van der Waals surface area contributed by atoms with Crippen LogP contribution in [0.3, 0.4) is 0 Å². The molecule has 0 atom stereocenters. The first-order valence-corrected chi connectivity index (χ1v) is 17.2. The third kappa shape index (κ3) is 4.37. The van der Waals surface area contributed by atoms with Gasteiger partial charge in [-0.2, -0.15) is 0 Å². The lowest BCUT2D eigenvalue weighted by molar-refractivity contribution is 1.45. The molecule has 0 bridgehead atoms. The number of nitrogens with zero attached hydrogens (tertiary/aromatic N) is 1. The zero-order valence-corrected chi connectivity index (χ0v) is 27.3. The molecule has 0 saturated carbocycles. The van der Waals surface area contributed by atoms with Crippen molar-refractivity contribution in [2.75, 3.05) is 0 Å². The molecule has 0 unspecified atom stereocenters. The zero-order chi connectivity index (χ0) is 33.0. The molecule has 1 heterocycles. The summed E-state index contributed by atoms with van der Waals surface area (Å²) in [5, 5.41) is 10.9. The summed E-state index contributed by atoms with van der Waals surface area (Å²) in [5.74, 6) is 0. The van der Waals surface area contributed by atoms with E-state index in [9.17, 15) is 0 Å². The van der Waals surface area contributed by atoms with E-state index < -0.39 is 0 Å². The molecule has 1 heteroatoms. The molecule has 0 aliphatic rings. The maximum atomic E-state index is 5.16. The highest BCUT2D eigenvalue weighted by Gasteiger charge is 2.25. The van der Waals surface area contributed by atoms with E-state index >= 15 is 0 Å². The number of hydrogen-bond donors (Lipinski definition) is 0. The standard InChI is InChI=1S/C49H31N/c1-3-15-32(16-4-1)38-29-27-34-19-7-9-21-36(34)45(38)47-40-23-11-12-24-41(40)49(48-42-25-13-14-26-44(42)50-31-43(47)48)46-37-22-10-8-20-35(37)28-30-39(46)33-17-5-2-6-18-33/h1-31H. The molecule has 0 spiro atoms. The average Bonchev–Trinajstić information content (AvgIpc) is 3.20. The van der Waals surface area contributed by atoms with Gasteiger partial charge in [0.1, 0.15) is 0 Å². The summed E-state index contributed by atoms with van der Waals surface area (Å²) in [4.78, 5) is 5.16. The predicted octanol–water partition coefficient (Wildman–Crippen LogP) is 13.5. The van der Waals surface area contributed by atoms with Crippen LogP contribution in [0.2, 0.25) is 0 Å². The Morgan fingerprint density at radius 3 is 1.30 bits per heavy atom. The van der Waals surface area contributed by atoms with Gasteiger partial charge in [-0.05, 0) is 77.3 Å². The third-order valence-corrected chi connectivity index (χ3v) is 10.3. The molecule has 0 fully saturated rings. The molecule has 1 nitrogen and oxygen atoms in total. The third-order valence-electron chi connectivity index (χ3n) is 10.3. The highest BCUT2D eigenvalue weighted by Crippen LogP contribution is 2.52. The largest absolute Gasteiger partial charge is 0.256 e. The van der Waals surface area contributed by atoms with Gasteiger partial charge in [-0.25, -0.2) is 0 Å². The van der Waals surface area contributed by atoms with Crippen LogP contribution in [-0.2, 0) is 0 Å². The van der Waals surface area contributed by atoms with Crippen molar-refractivity contribution in [3.63, 3.8) is 0 Å². The number of hydrogen-bond acceptors (Lipinski definition) is 1. The van der Waals surface area contributed by atoms with Gasteiger partial charge in [-0.3, -0.25) is 4.98 Å². The zero-order valence-electron chi connectivity index (χ0n) is 27.3. The van der Waals surface area contributed by atoms with Crippen LogP contribution in [-0.4, -0.2) is 4.98 Å². The van der Waals surface area contributed by atoms with E-state index in [-0.39, 0.29) is 0 Å². The van der Waals surface area contributed by atoms with Crippen molar-refractivity contribution in [1.82, 2.24) is 4.98 Å². The average molecular weight is 634 g/mol. The lowest BCUT2D eigenvalue weighted by atomic mass is 9.79. The Bertz CT molecular complexity index is 2910. The molecule has 0 saturated heterocycles. The van der Waals surface area contributed by atoms with E-state index in [2.05, 4.69) is 188 Å². The van der Waals surface area contributed by atoms with Gasteiger partial charge in [0.15, 0.2) is 0 Å². The second-order valence-electron chi connectivity index (χ2n) is 13.0. The summed E-state index contributed by atoms with van der Waals surface area (Å²) >= 11 is 0. The minimum atomic E-state index is 0.991. The first kappa shape index (κ1) is 28.4. The Balaban J connectivity index is 1.48. The second-order valence-corrected chi connectivity index (χ2v) is 13.0. The Morgan fingerprint density at radius 2 is 0.720 bits per heavy atom. The normalized spacial score (nSPS) is 11.6. The summed E-state index contributed by atoms with van der Waals surface area (Å²) in [5.41, 5.74) is 10.8. The van der Waals surface area contributed by atoms with E-state index in [4.69, 9.17) is 4.98 Å². The topological polar surface area (TPSA) is 12.9 Å². The number of para-hydroxylation sites is 1. The lowest BCUT2D eigenvalue weighted by Gasteiger charge is -2.24. The minimum Gasteiger partial charge on any atom is -0.256 e. The van der Waals surface area contributed by atoms with Gasteiger partial charge in [-0.15, -0.1) is 0 Å². The van der Waals surface area contributed by atoms with Gasteiger partial charge in [0.2, 0.25) is 0 Å². The number of fused-ring (bicyclic) bond motifs is 6. The first-order valence-electron chi connectivity index (χ1n) is 17.2. The molecule has 0 aliphatic carbocycles. The van der Waals surface area contributed by atoms with Gasteiger partial charge in [-0.1, -0.05) is 176 Å². The van der Waals surface area contributed by atoms with Crippen LogP contribution in [0.1, 0.15) is 0 Å². The maximum absolute atomic E-state index is 5.16. The van der Waals surface area contributed by atoms with E-state index in [1.165, 1.54) is 82.2 Å². The van der Waals surface area contributed by atoms with Crippen molar-refractivity contribution in [1.29, 1.82) is 0 Å². The van der Waals surface area contributed by atoms with Crippen molar-refractivity contribution >= 4 is 54.0 Å². The van der Waals surface area contributed by atoms with Gasteiger partial charge in [0.25, 0.3) is 0 Å².